The molecule has 0 spiro atoms. The van der Waals surface area contributed by atoms with Crippen LogP contribution in [-0.2, 0) is 14.3 Å². The van der Waals surface area contributed by atoms with Crippen molar-refractivity contribution in [2.24, 2.45) is 0 Å². The van der Waals surface area contributed by atoms with Gasteiger partial charge in [-0.15, -0.1) is 0 Å². The molecule has 0 saturated heterocycles. The largest absolute Gasteiger partial charge is 0.493 e. The number of benzene rings is 1. The van der Waals surface area contributed by atoms with Gasteiger partial charge in [-0.25, -0.2) is 4.79 Å². The summed E-state index contributed by atoms with van der Waals surface area (Å²) >= 11 is 0. The average Bonchev–Trinajstić information content (AvgIpc) is 2.72. The fourth-order valence-corrected chi connectivity index (χ4v) is 3.42. The van der Waals surface area contributed by atoms with Gasteiger partial charge in [0.05, 0.1) is 13.2 Å². The predicted molar refractivity (Wildman–Crippen MR) is 109 cm³/mol. The van der Waals surface area contributed by atoms with Crippen molar-refractivity contribution in [1.82, 2.24) is 0 Å². The monoisotopic (exact) mass is 391 g/mol. The van der Waals surface area contributed by atoms with E-state index in [1.54, 1.807) is 25.1 Å². The van der Waals surface area contributed by atoms with Crippen LogP contribution in [0.3, 0.4) is 0 Å². The van der Waals surface area contributed by atoms with E-state index in [2.05, 4.69) is 5.32 Å². The molecule has 1 aromatic rings. The molecule has 6 heteroatoms. The Labute approximate surface area is 167 Å². The van der Waals surface area contributed by atoms with E-state index in [-0.39, 0.29) is 12.5 Å². The maximum Gasteiger partial charge on any atom is 0.341 e. The second-order valence-corrected chi connectivity index (χ2v) is 7.14. The molecule has 0 bridgehead atoms. The highest BCUT2D eigenvalue weighted by Gasteiger charge is 2.40. The Hall–Kier alpha value is -2.08. The molecule has 1 aromatic carbocycles. The highest BCUT2D eigenvalue weighted by atomic mass is 16.5. The average molecular weight is 392 g/mol. The Bertz CT molecular complexity index is 652. The van der Waals surface area contributed by atoms with Crippen LogP contribution in [0.5, 0.6) is 5.75 Å². The molecule has 0 unspecified atom stereocenters. The standard InChI is InChI=1S/C22H33NO5/c1-4-14-27-19-11-10-17(16-18(19)20(24)26-6-3)23-21(25)22(28-15-5-2)12-8-7-9-13-22/h10-11,16H,4-9,12-15H2,1-3H3,(H,23,25). The second kappa shape index (κ2) is 11.1. The molecule has 1 N–H and O–H groups in total. The van der Waals surface area contributed by atoms with Crippen LogP contribution in [0.2, 0.25) is 0 Å². The van der Waals surface area contributed by atoms with E-state index in [4.69, 9.17) is 14.2 Å². The number of anilines is 1. The zero-order valence-corrected chi connectivity index (χ0v) is 17.3. The molecular weight excluding hydrogens is 358 g/mol. The summed E-state index contributed by atoms with van der Waals surface area (Å²) in [6.07, 6.45) is 6.23. The van der Waals surface area contributed by atoms with E-state index in [0.29, 0.717) is 30.2 Å². The number of ether oxygens (including phenoxy) is 3. The minimum atomic E-state index is -0.782. The molecule has 0 aliphatic heterocycles. The Morgan fingerprint density at radius 2 is 1.75 bits per heavy atom. The van der Waals surface area contributed by atoms with E-state index in [1.807, 2.05) is 13.8 Å². The number of nitrogens with one attached hydrogen (secondary N) is 1. The van der Waals surface area contributed by atoms with Gasteiger partial charge in [0.15, 0.2) is 0 Å². The maximum absolute atomic E-state index is 13.1. The summed E-state index contributed by atoms with van der Waals surface area (Å²) in [5.41, 5.74) is 0.0812. The maximum atomic E-state index is 13.1. The fraction of sp³-hybridized carbons (Fsp3) is 0.636. The number of amides is 1. The van der Waals surface area contributed by atoms with Crippen molar-refractivity contribution in [1.29, 1.82) is 0 Å². The molecule has 0 aromatic heterocycles. The van der Waals surface area contributed by atoms with Crippen LogP contribution >= 0.6 is 0 Å². The summed E-state index contributed by atoms with van der Waals surface area (Å²) in [7, 11) is 0. The van der Waals surface area contributed by atoms with Gasteiger partial charge in [-0.05, 0) is 50.8 Å². The summed E-state index contributed by atoms with van der Waals surface area (Å²) in [6.45, 7) is 7.13. The zero-order valence-electron chi connectivity index (χ0n) is 17.3. The van der Waals surface area contributed by atoms with Gasteiger partial charge in [0.2, 0.25) is 0 Å². The molecule has 1 saturated carbocycles. The first-order chi connectivity index (χ1) is 13.6. The van der Waals surface area contributed by atoms with Gasteiger partial charge < -0.3 is 19.5 Å². The van der Waals surface area contributed by atoms with Crippen LogP contribution < -0.4 is 10.1 Å². The number of carbonyl (C=O) groups excluding carboxylic acids is 2. The van der Waals surface area contributed by atoms with Gasteiger partial charge in [0.25, 0.3) is 5.91 Å². The van der Waals surface area contributed by atoms with E-state index < -0.39 is 11.6 Å². The molecule has 0 radical (unpaired) electrons. The minimum absolute atomic E-state index is 0.141. The SMILES string of the molecule is CCCOc1ccc(NC(=O)C2(OCCC)CCCCC2)cc1C(=O)OCC. The van der Waals surface area contributed by atoms with Crippen LogP contribution in [-0.4, -0.2) is 37.3 Å². The lowest BCUT2D eigenvalue weighted by atomic mass is 9.83. The Kier molecular flexibility index (Phi) is 8.77. The molecule has 1 amide bonds. The summed E-state index contributed by atoms with van der Waals surface area (Å²) in [4.78, 5) is 25.4. The van der Waals surface area contributed by atoms with Crippen molar-refractivity contribution in [2.75, 3.05) is 25.1 Å². The lowest BCUT2D eigenvalue weighted by Gasteiger charge is -2.35. The topological polar surface area (TPSA) is 73.9 Å². The third kappa shape index (κ3) is 5.71. The molecule has 1 aliphatic carbocycles. The number of esters is 1. The van der Waals surface area contributed by atoms with Crippen LogP contribution in [0.15, 0.2) is 18.2 Å². The van der Waals surface area contributed by atoms with Crippen LogP contribution in [0.25, 0.3) is 0 Å². The fourth-order valence-electron chi connectivity index (χ4n) is 3.42. The van der Waals surface area contributed by atoms with Crippen molar-refractivity contribution in [3.05, 3.63) is 23.8 Å². The minimum Gasteiger partial charge on any atom is -0.493 e. The van der Waals surface area contributed by atoms with Gasteiger partial charge in [-0.1, -0.05) is 33.1 Å². The summed E-state index contributed by atoms with van der Waals surface area (Å²) in [5.74, 6) is -0.134. The molecule has 0 heterocycles. The second-order valence-electron chi connectivity index (χ2n) is 7.14. The molecule has 1 fully saturated rings. The predicted octanol–water partition coefficient (Wildman–Crippen LogP) is 4.72. The summed E-state index contributed by atoms with van der Waals surface area (Å²) < 4.78 is 16.8. The normalized spacial score (nSPS) is 15.7. The van der Waals surface area contributed by atoms with Crippen molar-refractivity contribution >= 4 is 17.6 Å². The smallest absolute Gasteiger partial charge is 0.341 e. The first kappa shape index (κ1) is 22.2. The van der Waals surface area contributed by atoms with Crippen LogP contribution in [0.1, 0.15) is 76.1 Å². The number of hydrogen-bond donors (Lipinski definition) is 1. The van der Waals surface area contributed by atoms with Gasteiger partial charge in [0, 0.05) is 12.3 Å². The van der Waals surface area contributed by atoms with Crippen molar-refractivity contribution < 1.29 is 23.8 Å². The van der Waals surface area contributed by atoms with E-state index in [9.17, 15) is 9.59 Å². The molecule has 28 heavy (non-hydrogen) atoms. The molecular formula is C22H33NO5. The van der Waals surface area contributed by atoms with E-state index in [0.717, 1.165) is 44.9 Å². The van der Waals surface area contributed by atoms with Gasteiger partial charge >= 0.3 is 5.97 Å². The third-order valence-electron chi connectivity index (χ3n) is 4.85. The number of carbonyl (C=O) groups is 2. The van der Waals surface area contributed by atoms with Crippen LogP contribution in [0.4, 0.5) is 5.69 Å². The first-order valence-corrected chi connectivity index (χ1v) is 10.5. The van der Waals surface area contributed by atoms with Crippen molar-refractivity contribution in [2.45, 2.75) is 71.3 Å². The van der Waals surface area contributed by atoms with Crippen molar-refractivity contribution in [3.8, 4) is 5.75 Å². The Balaban J connectivity index is 2.22. The van der Waals surface area contributed by atoms with Crippen LogP contribution in [0, 0.1) is 0 Å². The highest BCUT2D eigenvalue weighted by molar-refractivity contribution is 5.99. The molecule has 156 valence electrons. The Morgan fingerprint density at radius 1 is 1.04 bits per heavy atom. The third-order valence-corrected chi connectivity index (χ3v) is 4.85. The number of rotatable bonds is 10. The quantitative estimate of drug-likeness (QED) is 0.584. The van der Waals surface area contributed by atoms with Gasteiger partial charge in [0.1, 0.15) is 16.9 Å². The van der Waals surface area contributed by atoms with E-state index in [1.165, 1.54) is 0 Å². The molecule has 2 rings (SSSR count). The summed E-state index contributed by atoms with van der Waals surface area (Å²) in [6, 6.07) is 5.08. The lowest BCUT2D eigenvalue weighted by molar-refractivity contribution is -0.146. The van der Waals surface area contributed by atoms with Gasteiger partial charge in [-0.3, -0.25) is 4.79 Å². The van der Waals surface area contributed by atoms with Crippen molar-refractivity contribution in [3.63, 3.8) is 0 Å². The van der Waals surface area contributed by atoms with E-state index >= 15 is 0 Å². The summed E-state index contributed by atoms with van der Waals surface area (Å²) in [5, 5.41) is 2.95. The zero-order chi connectivity index (χ0) is 20.4. The number of hydrogen-bond acceptors (Lipinski definition) is 5. The Morgan fingerprint density at radius 3 is 2.39 bits per heavy atom. The first-order valence-electron chi connectivity index (χ1n) is 10.5. The highest BCUT2D eigenvalue weighted by Crippen LogP contribution is 2.34. The molecule has 1 aliphatic rings. The van der Waals surface area contributed by atoms with Gasteiger partial charge in [-0.2, -0.15) is 0 Å². The lowest BCUT2D eigenvalue weighted by Crippen LogP contribution is -2.47. The molecule has 6 nitrogen and oxygen atoms in total. The molecule has 0 atom stereocenters.